The van der Waals surface area contributed by atoms with Crippen molar-refractivity contribution in [2.24, 2.45) is 0 Å². The van der Waals surface area contributed by atoms with E-state index in [-0.39, 0.29) is 0 Å². The lowest BCUT2D eigenvalue weighted by molar-refractivity contribution is 0.669. The molecule has 0 unspecified atom stereocenters. The molecule has 10 aromatic carbocycles. The van der Waals surface area contributed by atoms with Gasteiger partial charge in [0.1, 0.15) is 11.2 Å². The summed E-state index contributed by atoms with van der Waals surface area (Å²) >= 11 is 0. The van der Waals surface area contributed by atoms with Crippen molar-refractivity contribution in [3.63, 3.8) is 0 Å². The van der Waals surface area contributed by atoms with Gasteiger partial charge >= 0.3 is 0 Å². The van der Waals surface area contributed by atoms with Gasteiger partial charge in [-0.3, -0.25) is 0 Å². The van der Waals surface area contributed by atoms with E-state index in [1.807, 2.05) is 42.5 Å². The van der Waals surface area contributed by atoms with Crippen molar-refractivity contribution in [2.75, 3.05) is 0 Å². The molecule has 0 aliphatic rings. The number of fused-ring (bicyclic) bond motifs is 6. The Morgan fingerprint density at radius 2 is 0.647 bits per heavy atom. The maximum absolute atomic E-state index is 6.47. The summed E-state index contributed by atoms with van der Waals surface area (Å²) in [6.45, 7) is 0. The highest BCUT2D eigenvalue weighted by atomic mass is 16.3. The molecule has 3 aromatic heterocycles. The fourth-order valence-electron chi connectivity index (χ4n) is 9.68. The lowest BCUT2D eigenvalue weighted by Crippen LogP contribution is -2.00. The maximum atomic E-state index is 6.47. The minimum absolute atomic E-state index is 0.587. The van der Waals surface area contributed by atoms with Gasteiger partial charge in [0.2, 0.25) is 0 Å². The standard InChI is InChI=1S/C63H40N4O/c1-5-16-41(17-6-1)49-35-50(42-18-7-2-8-19-42)37-51(36-49)44-22-15-23-47(34-44)62-64-61(43-20-9-3-10-21-43)65-63(66-62)48-30-33-60-56(40-48)55-39-46(29-32-59(55)68-60)45-28-31-58-54(38-45)53-26-13-14-27-57(53)67(58)52-24-11-4-12-25-52/h1-40H. The zero-order valence-electron chi connectivity index (χ0n) is 36.8. The van der Waals surface area contributed by atoms with Crippen molar-refractivity contribution < 1.29 is 4.42 Å². The number of hydrogen-bond acceptors (Lipinski definition) is 4. The van der Waals surface area contributed by atoms with E-state index in [1.165, 1.54) is 32.9 Å². The second-order valence-corrected chi connectivity index (χ2v) is 17.2. The number of furan rings is 1. The molecular formula is C63H40N4O. The van der Waals surface area contributed by atoms with E-state index < -0.39 is 0 Å². The predicted molar refractivity (Wildman–Crippen MR) is 279 cm³/mol. The molecule has 68 heavy (non-hydrogen) atoms. The third-order valence-electron chi connectivity index (χ3n) is 13.0. The Morgan fingerprint density at radius 3 is 1.28 bits per heavy atom. The highest BCUT2D eigenvalue weighted by Gasteiger charge is 2.18. The van der Waals surface area contributed by atoms with E-state index in [9.17, 15) is 0 Å². The molecule has 318 valence electrons. The Kier molecular flexibility index (Phi) is 9.43. The molecular weight excluding hydrogens is 829 g/mol. The number of benzene rings is 10. The van der Waals surface area contributed by atoms with Gasteiger partial charge in [-0.15, -0.1) is 0 Å². The molecule has 0 aliphatic carbocycles. The second kappa shape index (κ2) is 16.4. The van der Waals surface area contributed by atoms with Crippen LogP contribution in [0.25, 0.3) is 128 Å². The molecule has 13 aromatic rings. The summed E-state index contributed by atoms with van der Waals surface area (Å²) in [5.41, 5.74) is 16.9. The average Bonchev–Trinajstić information content (AvgIpc) is 3.96. The third kappa shape index (κ3) is 7.02. The fraction of sp³-hybridized carbons (Fsp3) is 0. The van der Waals surface area contributed by atoms with Crippen LogP contribution in [0.5, 0.6) is 0 Å². The lowest BCUT2D eigenvalue weighted by atomic mass is 9.93. The van der Waals surface area contributed by atoms with Gasteiger partial charge in [0, 0.05) is 43.9 Å². The summed E-state index contributed by atoms with van der Waals surface area (Å²) in [7, 11) is 0. The molecule has 3 heterocycles. The first kappa shape index (κ1) is 39.2. The lowest BCUT2D eigenvalue weighted by Gasteiger charge is -2.13. The smallest absolute Gasteiger partial charge is 0.164 e. The van der Waals surface area contributed by atoms with Crippen LogP contribution in [0.3, 0.4) is 0 Å². The molecule has 0 saturated carbocycles. The van der Waals surface area contributed by atoms with Crippen molar-refractivity contribution in [1.82, 2.24) is 19.5 Å². The van der Waals surface area contributed by atoms with Crippen LogP contribution in [0.2, 0.25) is 0 Å². The summed E-state index contributed by atoms with van der Waals surface area (Å²) in [5, 5.41) is 4.47. The normalized spacial score (nSPS) is 11.5. The number of nitrogens with zero attached hydrogens (tertiary/aromatic N) is 4. The molecule has 0 bridgehead atoms. The molecule has 0 saturated heterocycles. The number of para-hydroxylation sites is 2. The van der Waals surface area contributed by atoms with Gasteiger partial charge in [0.25, 0.3) is 0 Å². The van der Waals surface area contributed by atoms with Crippen molar-refractivity contribution in [1.29, 1.82) is 0 Å². The zero-order valence-corrected chi connectivity index (χ0v) is 36.8. The summed E-state index contributed by atoms with van der Waals surface area (Å²) in [5.74, 6) is 1.79. The Labute approximate surface area is 392 Å². The van der Waals surface area contributed by atoms with Crippen molar-refractivity contribution >= 4 is 43.7 Å². The zero-order chi connectivity index (χ0) is 45.0. The second-order valence-electron chi connectivity index (χ2n) is 17.2. The van der Waals surface area contributed by atoms with Crippen LogP contribution in [0.15, 0.2) is 247 Å². The minimum atomic E-state index is 0.587. The van der Waals surface area contributed by atoms with E-state index in [1.54, 1.807) is 0 Å². The summed E-state index contributed by atoms with van der Waals surface area (Å²) in [4.78, 5) is 15.5. The first-order chi connectivity index (χ1) is 33.7. The molecule has 5 nitrogen and oxygen atoms in total. The highest BCUT2D eigenvalue weighted by Crippen LogP contribution is 2.39. The summed E-state index contributed by atoms with van der Waals surface area (Å²) in [6.07, 6.45) is 0. The Morgan fingerprint density at radius 1 is 0.250 bits per heavy atom. The van der Waals surface area contributed by atoms with Crippen molar-refractivity contribution in [2.45, 2.75) is 0 Å². The van der Waals surface area contributed by atoms with Crippen LogP contribution in [0, 0.1) is 0 Å². The molecule has 0 atom stereocenters. The van der Waals surface area contributed by atoms with Gasteiger partial charge in [-0.1, -0.05) is 158 Å². The molecule has 0 radical (unpaired) electrons. The van der Waals surface area contributed by atoms with Crippen LogP contribution < -0.4 is 0 Å². The van der Waals surface area contributed by atoms with E-state index in [0.717, 1.165) is 77.7 Å². The Balaban J connectivity index is 0.915. The van der Waals surface area contributed by atoms with E-state index in [2.05, 4.69) is 205 Å². The van der Waals surface area contributed by atoms with Crippen molar-refractivity contribution in [3.8, 4) is 84.4 Å². The average molecular weight is 869 g/mol. The molecule has 13 rings (SSSR count). The van der Waals surface area contributed by atoms with Gasteiger partial charge < -0.3 is 8.98 Å². The largest absolute Gasteiger partial charge is 0.456 e. The molecule has 0 N–H and O–H groups in total. The van der Waals surface area contributed by atoms with Crippen LogP contribution in [-0.4, -0.2) is 19.5 Å². The van der Waals surface area contributed by atoms with Crippen LogP contribution >= 0.6 is 0 Å². The minimum Gasteiger partial charge on any atom is -0.456 e. The monoisotopic (exact) mass is 868 g/mol. The van der Waals surface area contributed by atoms with Gasteiger partial charge in [-0.05, 0) is 129 Å². The highest BCUT2D eigenvalue weighted by molar-refractivity contribution is 6.11. The van der Waals surface area contributed by atoms with Crippen LogP contribution in [0.1, 0.15) is 0 Å². The summed E-state index contributed by atoms with van der Waals surface area (Å²) in [6, 6.07) is 85.4. The van der Waals surface area contributed by atoms with Crippen molar-refractivity contribution in [3.05, 3.63) is 243 Å². The number of rotatable bonds is 8. The van der Waals surface area contributed by atoms with Gasteiger partial charge in [-0.2, -0.15) is 0 Å². The molecule has 0 fully saturated rings. The Hall–Kier alpha value is -9.19. The molecule has 5 heteroatoms. The predicted octanol–water partition coefficient (Wildman–Crippen LogP) is 16.5. The Bertz CT molecular complexity index is 3950. The van der Waals surface area contributed by atoms with Gasteiger partial charge in [0.15, 0.2) is 17.5 Å². The first-order valence-corrected chi connectivity index (χ1v) is 22.9. The third-order valence-corrected chi connectivity index (χ3v) is 13.0. The number of aromatic nitrogens is 4. The molecule has 0 spiro atoms. The maximum Gasteiger partial charge on any atom is 0.164 e. The van der Waals surface area contributed by atoms with E-state index in [4.69, 9.17) is 19.4 Å². The van der Waals surface area contributed by atoms with Gasteiger partial charge in [-0.25, -0.2) is 15.0 Å². The fourth-order valence-corrected chi connectivity index (χ4v) is 9.68. The van der Waals surface area contributed by atoms with E-state index in [0.29, 0.717) is 17.5 Å². The first-order valence-electron chi connectivity index (χ1n) is 22.9. The van der Waals surface area contributed by atoms with E-state index >= 15 is 0 Å². The summed E-state index contributed by atoms with van der Waals surface area (Å²) < 4.78 is 8.82. The molecule has 0 aliphatic heterocycles. The SMILES string of the molecule is c1ccc(-c2cc(-c3ccccc3)cc(-c3cccc(-c4nc(-c5ccccc5)nc(-c5ccc6oc7ccc(-c8ccc9c(c8)c8ccccc8n9-c8ccccc8)cc7c6c5)n4)c3)c2)cc1. The number of hydrogen-bond donors (Lipinski definition) is 0. The quantitative estimate of drug-likeness (QED) is 0.153. The van der Waals surface area contributed by atoms with Crippen LogP contribution in [0.4, 0.5) is 0 Å². The van der Waals surface area contributed by atoms with Crippen LogP contribution in [-0.2, 0) is 0 Å². The van der Waals surface area contributed by atoms with Gasteiger partial charge in [0.05, 0.1) is 11.0 Å². The topological polar surface area (TPSA) is 56.7 Å². The molecule has 0 amide bonds.